The van der Waals surface area contributed by atoms with E-state index in [4.69, 9.17) is 5.11 Å². The van der Waals surface area contributed by atoms with Gasteiger partial charge in [0.2, 0.25) is 0 Å². The zero-order valence-corrected chi connectivity index (χ0v) is 11.4. The molecule has 5 heteroatoms. The number of carbonyl (C=O) groups is 1. The molecule has 1 N–H and O–H groups in total. The molecule has 1 atom stereocenters. The average molecular weight is 304 g/mol. The molecule has 0 spiro atoms. The molecule has 3 nitrogen and oxygen atoms in total. The summed E-state index contributed by atoms with van der Waals surface area (Å²) < 4.78 is 1.10. The van der Waals surface area contributed by atoms with Crippen LogP contribution in [-0.2, 0) is 11.3 Å². The molecule has 0 aromatic carbocycles. The van der Waals surface area contributed by atoms with Crippen molar-refractivity contribution in [2.24, 2.45) is 0 Å². The molecule has 0 amide bonds. The zero-order chi connectivity index (χ0) is 11.7. The summed E-state index contributed by atoms with van der Waals surface area (Å²) in [7, 11) is 0. The fourth-order valence-electron chi connectivity index (χ4n) is 1.77. The Bertz CT molecular complexity index is 389. The highest BCUT2D eigenvalue weighted by Gasteiger charge is 2.34. The molecule has 1 heterocycles. The fraction of sp³-hybridized carbons (Fsp3) is 0.545. The van der Waals surface area contributed by atoms with Crippen LogP contribution in [0.15, 0.2) is 15.2 Å². The van der Waals surface area contributed by atoms with Gasteiger partial charge in [-0.25, -0.2) is 0 Å². The number of rotatable bonds is 5. The predicted octanol–water partition coefficient (Wildman–Crippen LogP) is 2.95. The van der Waals surface area contributed by atoms with Crippen molar-refractivity contribution in [3.63, 3.8) is 0 Å². The van der Waals surface area contributed by atoms with Crippen molar-refractivity contribution < 1.29 is 9.90 Å². The summed E-state index contributed by atoms with van der Waals surface area (Å²) in [5, 5.41) is 11.1. The van der Waals surface area contributed by atoms with E-state index in [0.29, 0.717) is 6.04 Å². The maximum atomic E-state index is 11.0. The van der Waals surface area contributed by atoms with Gasteiger partial charge >= 0.3 is 5.97 Å². The first-order valence-corrected chi connectivity index (χ1v) is 6.96. The Morgan fingerprint density at radius 1 is 1.75 bits per heavy atom. The first-order valence-electron chi connectivity index (χ1n) is 5.29. The van der Waals surface area contributed by atoms with Crippen LogP contribution in [0.25, 0.3) is 0 Å². The third-order valence-corrected chi connectivity index (χ3v) is 4.41. The SMILES string of the molecule is CC(C(=O)O)N(Cc1csc(Br)c1)C1CC1. The van der Waals surface area contributed by atoms with Crippen molar-refractivity contribution in [1.82, 2.24) is 4.90 Å². The molecule has 1 saturated carbocycles. The molecule has 88 valence electrons. The van der Waals surface area contributed by atoms with E-state index in [1.807, 2.05) is 0 Å². The molecule has 0 saturated heterocycles. The van der Waals surface area contributed by atoms with Crippen molar-refractivity contribution in [2.45, 2.75) is 38.4 Å². The lowest BCUT2D eigenvalue weighted by Crippen LogP contribution is -2.39. The molecule has 2 rings (SSSR count). The topological polar surface area (TPSA) is 40.5 Å². The van der Waals surface area contributed by atoms with Crippen LogP contribution in [0.1, 0.15) is 25.3 Å². The van der Waals surface area contributed by atoms with E-state index in [-0.39, 0.29) is 0 Å². The minimum atomic E-state index is -0.735. The van der Waals surface area contributed by atoms with E-state index in [0.717, 1.165) is 23.2 Å². The molecule has 1 aliphatic carbocycles. The number of aliphatic carboxylic acids is 1. The molecule has 0 aliphatic heterocycles. The summed E-state index contributed by atoms with van der Waals surface area (Å²) in [4.78, 5) is 13.1. The van der Waals surface area contributed by atoms with Crippen LogP contribution in [0.3, 0.4) is 0 Å². The van der Waals surface area contributed by atoms with Crippen LogP contribution in [0, 0.1) is 0 Å². The first kappa shape index (κ1) is 12.1. The highest BCUT2D eigenvalue weighted by Crippen LogP contribution is 2.31. The van der Waals surface area contributed by atoms with Crippen LogP contribution >= 0.6 is 27.3 Å². The smallest absolute Gasteiger partial charge is 0.320 e. The zero-order valence-electron chi connectivity index (χ0n) is 9.02. The second-order valence-corrected chi connectivity index (χ2v) is 6.47. The van der Waals surface area contributed by atoms with Crippen molar-refractivity contribution in [3.8, 4) is 0 Å². The van der Waals surface area contributed by atoms with Gasteiger partial charge in [0, 0.05) is 12.6 Å². The van der Waals surface area contributed by atoms with Gasteiger partial charge in [0.15, 0.2) is 0 Å². The van der Waals surface area contributed by atoms with Crippen molar-refractivity contribution in [3.05, 3.63) is 20.8 Å². The van der Waals surface area contributed by atoms with Gasteiger partial charge in [-0.3, -0.25) is 9.69 Å². The molecule has 1 fully saturated rings. The van der Waals surface area contributed by atoms with Crippen molar-refractivity contribution in [2.75, 3.05) is 0 Å². The Labute approximate surface area is 107 Å². The molecule has 16 heavy (non-hydrogen) atoms. The number of halogens is 1. The van der Waals surface area contributed by atoms with E-state index < -0.39 is 12.0 Å². The Morgan fingerprint density at radius 2 is 2.44 bits per heavy atom. The van der Waals surface area contributed by atoms with Gasteiger partial charge in [0.05, 0.1) is 3.79 Å². The minimum Gasteiger partial charge on any atom is -0.480 e. The Balaban J connectivity index is 2.05. The van der Waals surface area contributed by atoms with Gasteiger partial charge in [-0.05, 0) is 52.7 Å². The summed E-state index contributed by atoms with van der Waals surface area (Å²) in [5.41, 5.74) is 1.19. The molecule has 0 bridgehead atoms. The van der Waals surface area contributed by atoms with E-state index in [2.05, 4.69) is 32.3 Å². The van der Waals surface area contributed by atoms with Gasteiger partial charge in [0.25, 0.3) is 0 Å². The van der Waals surface area contributed by atoms with Crippen molar-refractivity contribution >= 4 is 33.2 Å². The summed E-state index contributed by atoms with van der Waals surface area (Å²) in [6, 6.07) is 2.13. The first-order chi connectivity index (χ1) is 7.58. The van der Waals surface area contributed by atoms with Gasteiger partial charge in [-0.2, -0.15) is 0 Å². The van der Waals surface area contributed by atoms with Gasteiger partial charge in [-0.1, -0.05) is 0 Å². The second kappa shape index (κ2) is 4.85. The largest absolute Gasteiger partial charge is 0.480 e. The average Bonchev–Trinajstić information content (AvgIpc) is 2.98. The summed E-state index contributed by atoms with van der Waals surface area (Å²) >= 11 is 5.07. The molecule has 1 aromatic heterocycles. The monoisotopic (exact) mass is 303 g/mol. The Kier molecular flexibility index (Phi) is 3.66. The van der Waals surface area contributed by atoms with E-state index >= 15 is 0 Å². The third kappa shape index (κ3) is 2.84. The third-order valence-electron chi connectivity index (χ3n) is 2.86. The van der Waals surface area contributed by atoms with E-state index in [9.17, 15) is 4.79 Å². The number of hydrogen-bond donors (Lipinski definition) is 1. The van der Waals surface area contributed by atoms with E-state index in [1.165, 1.54) is 5.56 Å². The van der Waals surface area contributed by atoms with Crippen LogP contribution in [0.5, 0.6) is 0 Å². The highest BCUT2D eigenvalue weighted by atomic mass is 79.9. The van der Waals surface area contributed by atoms with Crippen LogP contribution in [0.2, 0.25) is 0 Å². The van der Waals surface area contributed by atoms with Crippen LogP contribution < -0.4 is 0 Å². The lowest BCUT2D eigenvalue weighted by atomic mass is 10.2. The Hall–Kier alpha value is -0.390. The molecule has 1 aliphatic rings. The maximum Gasteiger partial charge on any atom is 0.320 e. The minimum absolute atomic E-state index is 0.397. The van der Waals surface area contributed by atoms with Gasteiger partial charge < -0.3 is 5.11 Å². The molecular formula is C11H14BrNO2S. The van der Waals surface area contributed by atoms with Gasteiger partial charge in [0.1, 0.15) is 6.04 Å². The molecule has 1 unspecified atom stereocenters. The summed E-state index contributed by atoms with van der Waals surface area (Å²) in [6.45, 7) is 2.50. The number of thiophene rings is 1. The summed E-state index contributed by atoms with van der Waals surface area (Å²) in [6.07, 6.45) is 2.26. The van der Waals surface area contributed by atoms with E-state index in [1.54, 1.807) is 18.3 Å². The quantitative estimate of drug-likeness (QED) is 0.909. The normalized spacial score (nSPS) is 17.7. The lowest BCUT2D eigenvalue weighted by Gasteiger charge is -2.25. The predicted molar refractivity (Wildman–Crippen MR) is 67.7 cm³/mol. The number of carboxylic acids is 1. The number of nitrogens with zero attached hydrogens (tertiary/aromatic N) is 1. The lowest BCUT2D eigenvalue weighted by molar-refractivity contribution is -0.143. The Morgan fingerprint density at radius 3 is 2.88 bits per heavy atom. The highest BCUT2D eigenvalue weighted by molar-refractivity contribution is 9.11. The van der Waals surface area contributed by atoms with Crippen LogP contribution in [0.4, 0.5) is 0 Å². The standard InChI is InChI=1S/C11H14BrNO2S/c1-7(11(14)15)13(9-2-3-9)5-8-4-10(12)16-6-8/h4,6-7,9H,2-3,5H2,1H3,(H,14,15). The molecule has 0 radical (unpaired) electrons. The molecule has 1 aromatic rings. The van der Waals surface area contributed by atoms with Gasteiger partial charge in [-0.15, -0.1) is 11.3 Å². The molecular weight excluding hydrogens is 290 g/mol. The maximum absolute atomic E-state index is 11.0. The van der Waals surface area contributed by atoms with Crippen molar-refractivity contribution in [1.29, 1.82) is 0 Å². The van der Waals surface area contributed by atoms with Crippen LogP contribution in [-0.4, -0.2) is 28.1 Å². The number of hydrogen-bond acceptors (Lipinski definition) is 3. The number of carboxylic acid groups (broad SMARTS) is 1. The summed E-state index contributed by atoms with van der Waals surface area (Å²) in [5.74, 6) is -0.735. The second-order valence-electron chi connectivity index (χ2n) is 4.18. The fourth-order valence-corrected chi connectivity index (χ4v) is 2.97.